The first kappa shape index (κ1) is 34.3. The molecule has 3 atom stereocenters. The fourth-order valence-electron chi connectivity index (χ4n) is 5.98. The van der Waals surface area contributed by atoms with Crippen LogP contribution in [-0.4, -0.2) is 11.2 Å². The Balaban J connectivity index is 1.88. The minimum atomic E-state index is -0.325. The third-order valence-electron chi connectivity index (χ3n) is 8.48. The summed E-state index contributed by atoms with van der Waals surface area (Å²) in [5.74, 6) is 0.880. The number of rotatable bonds is 10. The van der Waals surface area contributed by atoms with E-state index in [0.717, 1.165) is 6.42 Å². The number of hydrogen-bond donors (Lipinski definition) is 1. The van der Waals surface area contributed by atoms with Crippen LogP contribution in [0.15, 0.2) is 131 Å². The molecule has 0 heterocycles. The van der Waals surface area contributed by atoms with Gasteiger partial charge in [-0.3, -0.25) is 0 Å². The molecule has 1 nitrogen and oxygen atoms in total. The summed E-state index contributed by atoms with van der Waals surface area (Å²) in [5, 5.41) is 10.1. The second-order valence-corrected chi connectivity index (χ2v) is 13.6. The Kier molecular flexibility index (Phi) is 13.3. The van der Waals surface area contributed by atoms with Gasteiger partial charge in [-0.25, -0.2) is 0 Å². The molecule has 0 radical (unpaired) electrons. The lowest BCUT2D eigenvalue weighted by Crippen LogP contribution is -2.32. The Morgan fingerprint density at radius 1 is 0.659 bits per heavy atom. The van der Waals surface area contributed by atoms with Crippen molar-refractivity contribution < 1.29 is 5.11 Å². The maximum absolute atomic E-state index is 10.1. The van der Waals surface area contributed by atoms with E-state index in [4.69, 9.17) is 0 Å². The summed E-state index contributed by atoms with van der Waals surface area (Å²) < 4.78 is 0. The molecule has 2 aliphatic carbocycles. The zero-order valence-corrected chi connectivity index (χ0v) is 27.5. The van der Waals surface area contributed by atoms with Crippen LogP contribution in [0.25, 0.3) is 0 Å². The molecule has 41 heavy (non-hydrogen) atoms. The molecule has 0 spiro atoms. The molecule has 0 aromatic carbocycles. The Morgan fingerprint density at radius 3 is 1.56 bits per heavy atom. The molecule has 1 N–H and O–H groups in total. The molecule has 2 rings (SSSR count). The lowest BCUT2D eigenvalue weighted by Gasteiger charge is -2.38. The van der Waals surface area contributed by atoms with Gasteiger partial charge < -0.3 is 5.11 Å². The van der Waals surface area contributed by atoms with Gasteiger partial charge in [-0.15, -0.1) is 0 Å². The van der Waals surface area contributed by atoms with Gasteiger partial charge in [0.2, 0.25) is 0 Å². The van der Waals surface area contributed by atoms with Crippen LogP contribution in [0.1, 0.15) is 88.5 Å². The fourth-order valence-corrected chi connectivity index (χ4v) is 5.98. The first-order chi connectivity index (χ1) is 19.2. The van der Waals surface area contributed by atoms with Crippen molar-refractivity contribution in [3.63, 3.8) is 0 Å². The van der Waals surface area contributed by atoms with E-state index in [-0.39, 0.29) is 11.5 Å². The topological polar surface area (TPSA) is 20.2 Å². The normalized spacial score (nSPS) is 26.7. The molecule has 0 saturated carbocycles. The fraction of sp³-hybridized carbons (Fsp3) is 0.450. The van der Waals surface area contributed by atoms with Crippen molar-refractivity contribution in [1.29, 1.82) is 0 Å². The first-order valence-electron chi connectivity index (χ1n) is 15.3. The average Bonchev–Trinajstić information content (AvgIpc) is 2.84. The predicted octanol–water partition coefficient (Wildman–Crippen LogP) is 11.3. The molecule has 0 saturated heterocycles. The van der Waals surface area contributed by atoms with E-state index in [2.05, 4.69) is 160 Å². The van der Waals surface area contributed by atoms with Crippen LogP contribution >= 0.6 is 0 Å². The number of allylic oxidation sites excluding steroid dienone is 21. The van der Waals surface area contributed by atoms with Crippen molar-refractivity contribution in [1.82, 2.24) is 0 Å². The zero-order chi connectivity index (χ0) is 30.6. The van der Waals surface area contributed by atoms with E-state index in [1.54, 1.807) is 0 Å². The van der Waals surface area contributed by atoms with Crippen molar-refractivity contribution in [2.75, 3.05) is 0 Å². The quantitative estimate of drug-likeness (QED) is 0.211. The zero-order valence-electron chi connectivity index (χ0n) is 27.5. The van der Waals surface area contributed by atoms with Crippen LogP contribution < -0.4 is 0 Å². The smallest absolute Gasteiger partial charge is 0.0729 e. The van der Waals surface area contributed by atoms with E-state index >= 15 is 0 Å². The highest BCUT2D eigenvalue weighted by molar-refractivity contribution is 5.33. The van der Waals surface area contributed by atoms with Crippen LogP contribution in [0, 0.1) is 22.7 Å². The van der Waals surface area contributed by atoms with Gasteiger partial charge in [-0.2, -0.15) is 0 Å². The van der Waals surface area contributed by atoms with Gasteiger partial charge in [-0.1, -0.05) is 158 Å². The Bertz CT molecular complexity index is 1220. The molecule has 0 bridgehead atoms. The van der Waals surface area contributed by atoms with E-state index < -0.39 is 0 Å². The number of aliphatic hydroxyl groups is 1. The maximum Gasteiger partial charge on any atom is 0.0729 e. The predicted molar refractivity (Wildman–Crippen MR) is 183 cm³/mol. The highest BCUT2D eigenvalue weighted by Crippen LogP contribution is 2.42. The van der Waals surface area contributed by atoms with Gasteiger partial charge >= 0.3 is 0 Å². The van der Waals surface area contributed by atoms with Crippen LogP contribution in [0.3, 0.4) is 0 Å². The Hall–Kier alpha value is -2.90. The number of hydrogen-bond acceptors (Lipinski definition) is 1. The molecular weight excluding hydrogens is 496 g/mol. The Labute approximate surface area is 252 Å². The summed E-state index contributed by atoms with van der Waals surface area (Å²) >= 11 is 0. The van der Waals surface area contributed by atoms with Crippen LogP contribution in [-0.2, 0) is 0 Å². The summed E-state index contributed by atoms with van der Waals surface area (Å²) in [7, 11) is 0. The summed E-state index contributed by atoms with van der Waals surface area (Å²) in [6.45, 7) is 22.2. The highest BCUT2D eigenvalue weighted by atomic mass is 16.3. The average molecular weight is 553 g/mol. The van der Waals surface area contributed by atoms with Gasteiger partial charge in [0.1, 0.15) is 0 Å². The summed E-state index contributed by atoms with van der Waals surface area (Å²) in [6.07, 6.45) is 37.8. The molecule has 0 fully saturated rings. The molecule has 0 amide bonds. The van der Waals surface area contributed by atoms with Gasteiger partial charge in [-0.05, 0) is 71.6 Å². The van der Waals surface area contributed by atoms with Crippen molar-refractivity contribution >= 4 is 0 Å². The minimum Gasteiger partial charge on any atom is -0.389 e. The molecule has 0 aromatic heterocycles. The molecule has 0 unspecified atom stereocenters. The summed E-state index contributed by atoms with van der Waals surface area (Å²) in [6, 6.07) is 0. The van der Waals surface area contributed by atoms with Crippen LogP contribution in [0.5, 0.6) is 0 Å². The third-order valence-corrected chi connectivity index (χ3v) is 8.48. The van der Waals surface area contributed by atoms with Crippen molar-refractivity contribution in [2.24, 2.45) is 22.7 Å². The second-order valence-electron chi connectivity index (χ2n) is 13.6. The molecule has 0 aromatic rings. The minimum absolute atomic E-state index is 0.0647. The van der Waals surface area contributed by atoms with Crippen LogP contribution in [0.2, 0.25) is 0 Å². The largest absolute Gasteiger partial charge is 0.389 e. The van der Waals surface area contributed by atoms with E-state index in [1.807, 2.05) is 6.08 Å². The Morgan fingerprint density at radius 2 is 1.10 bits per heavy atom. The monoisotopic (exact) mass is 552 g/mol. The SMILES string of the molecule is CC1=CCCC(C)(C)[C@H]1/C=C/C(C)=C/C=C/C(C)=C/C=C/C=C(C)/C=C/C=C(C)/C=C/[C@H]1C(C)=C[C@H](O)CC1(C)C. The van der Waals surface area contributed by atoms with E-state index in [1.165, 1.54) is 46.3 Å². The lowest BCUT2D eigenvalue weighted by atomic mass is 9.67. The molecule has 1 heteroatoms. The van der Waals surface area contributed by atoms with Gasteiger partial charge in [0, 0.05) is 11.8 Å². The van der Waals surface area contributed by atoms with Gasteiger partial charge in [0.15, 0.2) is 0 Å². The summed E-state index contributed by atoms with van der Waals surface area (Å²) in [5.41, 5.74) is 8.06. The van der Waals surface area contributed by atoms with Gasteiger partial charge in [0.05, 0.1) is 6.10 Å². The molecule has 222 valence electrons. The molecule has 0 aliphatic heterocycles. The maximum atomic E-state index is 10.1. The lowest BCUT2D eigenvalue weighted by molar-refractivity contribution is 0.117. The number of aliphatic hydroxyl groups excluding tert-OH is 1. The highest BCUT2D eigenvalue weighted by Gasteiger charge is 2.34. The van der Waals surface area contributed by atoms with Crippen molar-refractivity contribution in [3.05, 3.63) is 131 Å². The van der Waals surface area contributed by atoms with Crippen molar-refractivity contribution in [3.8, 4) is 0 Å². The van der Waals surface area contributed by atoms with Crippen molar-refractivity contribution in [2.45, 2.75) is 94.6 Å². The van der Waals surface area contributed by atoms with Crippen LogP contribution in [0.4, 0.5) is 0 Å². The van der Waals surface area contributed by atoms with E-state index in [0.29, 0.717) is 17.3 Å². The standard InChI is InChI=1S/C40H56O/c1-30(18-13-20-32(3)23-25-37-34(5)22-15-27-39(37,7)8)16-11-12-17-31(2)19-14-21-33(4)24-26-38-35(6)28-36(41)29-40(38,9)10/h11-14,16-26,28,36-38,41H,15,27,29H2,1-10H3/b12-11+,18-13+,19-14+,25-23+,26-24+,30-16+,31-17+,32-20+,33-21+/t36-,37-,38-/m0/s1. The molecule has 2 aliphatic rings. The van der Waals surface area contributed by atoms with E-state index in [9.17, 15) is 5.11 Å². The summed E-state index contributed by atoms with van der Waals surface area (Å²) in [4.78, 5) is 0. The molecular formula is C40H56O. The second kappa shape index (κ2) is 15.9. The third kappa shape index (κ3) is 11.9. The van der Waals surface area contributed by atoms with Gasteiger partial charge in [0.25, 0.3) is 0 Å². The first-order valence-corrected chi connectivity index (χ1v) is 15.3.